The van der Waals surface area contributed by atoms with Gasteiger partial charge in [-0.05, 0) is 55.3 Å². The maximum atomic E-state index is 13.0. The summed E-state index contributed by atoms with van der Waals surface area (Å²) in [5.41, 5.74) is 4.20. The zero-order valence-corrected chi connectivity index (χ0v) is 18.5. The molecule has 0 atom stereocenters. The lowest BCUT2D eigenvalue weighted by molar-refractivity contribution is 0.0381. The van der Waals surface area contributed by atoms with Crippen molar-refractivity contribution >= 4 is 33.2 Å². The van der Waals surface area contributed by atoms with Crippen molar-refractivity contribution in [1.82, 2.24) is 19.4 Å². The van der Waals surface area contributed by atoms with Gasteiger partial charge in [-0.15, -0.1) is 0 Å². The fraction of sp³-hybridized carbons (Fsp3) is 0.409. The maximum absolute atomic E-state index is 13.0. The number of fused-ring (bicyclic) bond motifs is 2. The molecule has 4 heterocycles. The SMILES string of the molecule is O=Cc1ccc2ncn(-c3ccc4c(c3)CCN4S(=O)(=O)CCCN3CCOCC3)c2n1. The molecule has 0 bridgehead atoms. The summed E-state index contributed by atoms with van der Waals surface area (Å²) in [5.74, 6) is 0.135. The average Bonchev–Trinajstić information content (AvgIpc) is 3.43. The molecule has 9 nitrogen and oxygen atoms in total. The van der Waals surface area contributed by atoms with Gasteiger partial charge >= 0.3 is 0 Å². The van der Waals surface area contributed by atoms with Crippen molar-refractivity contribution in [3.63, 3.8) is 0 Å². The van der Waals surface area contributed by atoms with Gasteiger partial charge in [-0.1, -0.05) is 0 Å². The molecule has 32 heavy (non-hydrogen) atoms. The number of rotatable bonds is 7. The molecule has 5 rings (SSSR count). The number of nitrogens with zero attached hydrogens (tertiary/aromatic N) is 5. The Hall–Kier alpha value is -2.82. The van der Waals surface area contributed by atoms with Crippen LogP contribution >= 0.6 is 0 Å². The number of carbonyl (C=O) groups excluding carboxylic acids is 1. The standard InChI is InChI=1S/C22H25N5O4S/c28-15-18-2-4-20-22(24-18)26(16-23-20)19-3-5-21-17(14-19)6-8-27(21)32(29,30)13-1-7-25-9-11-31-12-10-25/h2-5,14-16H,1,6-13H2. The van der Waals surface area contributed by atoms with Gasteiger partial charge in [0, 0.05) is 25.3 Å². The summed E-state index contributed by atoms with van der Waals surface area (Å²) < 4.78 is 34.8. The van der Waals surface area contributed by atoms with Gasteiger partial charge in [0.2, 0.25) is 10.0 Å². The monoisotopic (exact) mass is 455 g/mol. The van der Waals surface area contributed by atoms with Gasteiger partial charge in [0.1, 0.15) is 17.5 Å². The van der Waals surface area contributed by atoms with Gasteiger partial charge in [-0.2, -0.15) is 0 Å². The Morgan fingerprint density at radius 1 is 1.09 bits per heavy atom. The molecule has 168 valence electrons. The van der Waals surface area contributed by atoms with Crippen LogP contribution < -0.4 is 4.31 Å². The molecule has 0 unspecified atom stereocenters. The van der Waals surface area contributed by atoms with Crippen LogP contribution in [0.2, 0.25) is 0 Å². The number of pyridine rings is 1. The van der Waals surface area contributed by atoms with Gasteiger partial charge in [-0.3, -0.25) is 18.6 Å². The van der Waals surface area contributed by atoms with E-state index in [1.807, 2.05) is 22.8 Å². The molecule has 0 N–H and O–H groups in total. The Morgan fingerprint density at radius 2 is 1.94 bits per heavy atom. The fourth-order valence-electron chi connectivity index (χ4n) is 4.37. The maximum Gasteiger partial charge on any atom is 0.235 e. The summed E-state index contributed by atoms with van der Waals surface area (Å²) in [6.45, 7) is 4.38. The number of hydrogen-bond acceptors (Lipinski definition) is 7. The minimum atomic E-state index is -3.38. The minimum Gasteiger partial charge on any atom is -0.379 e. The van der Waals surface area contributed by atoms with Gasteiger partial charge in [0.25, 0.3) is 0 Å². The number of carbonyl (C=O) groups is 1. The van der Waals surface area contributed by atoms with Gasteiger partial charge in [0.05, 0.1) is 24.7 Å². The normalized spacial score (nSPS) is 17.1. The van der Waals surface area contributed by atoms with E-state index in [2.05, 4.69) is 14.9 Å². The Kier molecular flexibility index (Phi) is 5.66. The minimum absolute atomic E-state index is 0.135. The first-order valence-corrected chi connectivity index (χ1v) is 12.4. The summed E-state index contributed by atoms with van der Waals surface area (Å²) >= 11 is 0. The smallest absolute Gasteiger partial charge is 0.235 e. The van der Waals surface area contributed by atoms with E-state index in [0.29, 0.717) is 55.7 Å². The van der Waals surface area contributed by atoms with Crippen molar-refractivity contribution in [3.8, 4) is 5.69 Å². The molecule has 1 fully saturated rings. The average molecular weight is 456 g/mol. The second-order valence-corrected chi connectivity index (χ2v) is 10.1. The van der Waals surface area contributed by atoms with Crippen LogP contribution in [0.5, 0.6) is 0 Å². The van der Waals surface area contributed by atoms with Crippen molar-refractivity contribution in [1.29, 1.82) is 0 Å². The first-order chi connectivity index (χ1) is 15.5. The Balaban J connectivity index is 1.34. The molecule has 2 aliphatic rings. The van der Waals surface area contributed by atoms with E-state index >= 15 is 0 Å². The molecule has 1 saturated heterocycles. The number of hydrogen-bond donors (Lipinski definition) is 0. The largest absolute Gasteiger partial charge is 0.379 e. The summed E-state index contributed by atoms with van der Waals surface area (Å²) in [6.07, 6.45) is 3.65. The lowest BCUT2D eigenvalue weighted by Crippen LogP contribution is -2.38. The molecular weight excluding hydrogens is 430 g/mol. The third-order valence-electron chi connectivity index (χ3n) is 6.05. The zero-order valence-electron chi connectivity index (χ0n) is 17.7. The lowest BCUT2D eigenvalue weighted by Gasteiger charge is -2.27. The van der Waals surface area contributed by atoms with E-state index in [9.17, 15) is 13.2 Å². The van der Waals surface area contributed by atoms with E-state index in [4.69, 9.17) is 4.74 Å². The number of anilines is 1. The molecule has 0 aliphatic carbocycles. The summed E-state index contributed by atoms with van der Waals surface area (Å²) in [6, 6.07) is 9.11. The molecule has 0 amide bonds. The van der Waals surface area contributed by atoms with E-state index < -0.39 is 10.0 Å². The molecule has 0 spiro atoms. The fourth-order valence-corrected chi connectivity index (χ4v) is 5.93. The molecule has 10 heteroatoms. The molecule has 3 aromatic rings. The molecular formula is C22H25N5O4S. The highest BCUT2D eigenvalue weighted by atomic mass is 32.2. The van der Waals surface area contributed by atoms with Gasteiger partial charge < -0.3 is 4.74 Å². The topological polar surface area (TPSA) is 97.6 Å². The number of imidazole rings is 1. The van der Waals surface area contributed by atoms with Crippen LogP contribution in [0.3, 0.4) is 0 Å². The van der Waals surface area contributed by atoms with Crippen LogP contribution in [0, 0.1) is 0 Å². The van der Waals surface area contributed by atoms with Gasteiger partial charge in [-0.25, -0.2) is 18.4 Å². The third kappa shape index (κ3) is 4.01. The summed E-state index contributed by atoms with van der Waals surface area (Å²) in [4.78, 5) is 22.1. The number of aromatic nitrogens is 3. The van der Waals surface area contributed by atoms with Crippen molar-refractivity contribution in [3.05, 3.63) is 47.9 Å². The Labute approximate surface area is 186 Å². The van der Waals surface area contributed by atoms with E-state index in [0.717, 1.165) is 36.6 Å². The van der Waals surface area contributed by atoms with Crippen molar-refractivity contribution < 1.29 is 17.9 Å². The van der Waals surface area contributed by atoms with Crippen molar-refractivity contribution in [2.45, 2.75) is 12.8 Å². The lowest BCUT2D eigenvalue weighted by atomic mass is 10.1. The Bertz CT molecular complexity index is 1250. The first kappa shape index (κ1) is 21.0. The van der Waals surface area contributed by atoms with E-state index in [1.54, 1.807) is 22.8 Å². The number of aldehydes is 1. The molecule has 2 aromatic heterocycles. The van der Waals surface area contributed by atoms with Gasteiger partial charge in [0.15, 0.2) is 11.9 Å². The number of sulfonamides is 1. The van der Waals surface area contributed by atoms with Crippen molar-refractivity contribution in [2.24, 2.45) is 0 Å². The predicted octanol–water partition coefficient (Wildman–Crippen LogP) is 1.65. The predicted molar refractivity (Wildman–Crippen MR) is 121 cm³/mol. The van der Waals surface area contributed by atoms with Crippen LogP contribution in [-0.2, 0) is 21.2 Å². The van der Waals surface area contributed by atoms with E-state index in [1.165, 1.54) is 0 Å². The quantitative estimate of drug-likeness (QED) is 0.500. The van der Waals surface area contributed by atoms with Crippen LogP contribution in [0.15, 0.2) is 36.7 Å². The number of morpholine rings is 1. The molecule has 0 saturated carbocycles. The van der Waals surface area contributed by atoms with Crippen LogP contribution in [0.25, 0.3) is 16.9 Å². The van der Waals surface area contributed by atoms with Crippen LogP contribution in [-0.4, -0.2) is 79.3 Å². The highest BCUT2D eigenvalue weighted by Gasteiger charge is 2.29. The number of benzene rings is 1. The molecule has 1 aromatic carbocycles. The van der Waals surface area contributed by atoms with Crippen molar-refractivity contribution in [2.75, 3.05) is 49.5 Å². The van der Waals surface area contributed by atoms with Crippen LogP contribution in [0.1, 0.15) is 22.5 Å². The molecule has 2 aliphatic heterocycles. The highest BCUT2D eigenvalue weighted by Crippen LogP contribution is 2.33. The number of ether oxygens (including phenoxy) is 1. The second kappa shape index (κ2) is 8.61. The van der Waals surface area contributed by atoms with Crippen LogP contribution in [0.4, 0.5) is 5.69 Å². The summed E-state index contributed by atoms with van der Waals surface area (Å²) in [7, 11) is -3.38. The Morgan fingerprint density at radius 3 is 2.75 bits per heavy atom. The van der Waals surface area contributed by atoms with E-state index in [-0.39, 0.29) is 5.75 Å². The first-order valence-electron chi connectivity index (χ1n) is 10.8. The highest BCUT2D eigenvalue weighted by molar-refractivity contribution is 7.92. The second-order valence-electron chi connectivity index (χ2n) is 8.07. The molecule has 0 radical (unpaired) electrons. The third-order valence-corrected chi connectivity index (χ3v) is 7.90. The summed E-state index contributed by atoms with van der Waals surface area (Å²) in [5, 5.41) is 0. The zero-order chi connectivity index (χ0) is 22.1.